The van der Waals surface area contributed by atoms with Gasteiger partial charge in [-0.2, -0.15) is 0 Å². The molecular weight excluding hydrogens is 324 g/mol. The lowest BCUT2D eigenvalue weighted by atomic mass is 10.1. The highest BCUT2D eigenvalue weighted by Crippen LogP contribution is 2.29. The van der Waals surface area contributed by atoms with Gasteiger partial charge in [0, 0.05) is 31.2 Å². The van der Waals surface area contributed by atoms with Crippen LogP contribution in [-0.4, -0.2) is 44.5 Å². The van der Waals surface area contributed by atoms with Crippen LogP contribution in [0, 0.1) is 0 Å². The van der Waals surface area contributed by atoms with Crippen molar-refractivity contribution in [2.75, 3.05) is 31.6 Å². The average molecular weight is 341 g/mol. The van der Waals surface area contributed by atoms with Crippen LogP contribution in [0.1, 0.15) is 10.4 Å². The summed E-state index contributed by atoms with van der Waals surface area (Å²) in [5.74, 6) is -0.603. The first-order valence-electron chi connectivity index (χ1n) is 6.33. The third kappa shape index (κ3) is 2.78. The van der Waals surface area contributed by atoms with Crippen LogP contribution in [0.5, 0.6) is 0 Å². The molecule has 0 aromatic heterocycles. The Morgan fingerprint density at radius 1 is 1.50 bits per heavy atom. The number of carbonyl (C=O) groups is 2. The minimum absolute atomic E-state index is 0.0902. The zero-order valence-corrected chi connectivity index (χ0v) is 12.7. The van der Waals surface area contributed by atoms with Gasteiger partial charge >= 0.3 is 0 Å². The summed E-state index contributed by atoms with van der Waals surface area (Å²) in [5.41, 5.74) is 6.55. The maximum Gasteiger partial charge on any atom is 0.251 e. The summed E-state index contributed by atoms with van der Waals surface area (Å²) in [7, 11) is 1.60. The number of nitrogens with zero attached hydrogens (tertiary/aromatic N) is 1. The molecule has 1 aliphatic rings. The number of primary amides is 1. The van der Waals surface area contributed by atoms with Gasteiger partial charge in [0.1, 0.15) is 6.04 Å². The second-order valence-electron chi connectivity index (χ2n) is 4.53. The second-order valence-corrected chi connectivity index (χ2v) is 5.38. The predicted octanol–water partition coefficient (Wildman–Crippen LogP) is 0.0722. The van der Waals surface area contributed by atoms with E-state index >= 15 is 0 Å². The van der Waals surface area contributed by atoms with Crippen molar-refractivity contribution in [2.24, 2.45) is 5.73 Å². The molecule has 20 heavy (non-hydrogen) atoms. The normalized spacial score (nSPS) is 18.7. The Morgan fingerprint density at radius 3 is 2.90 bits per heavy atom. The molecule has 0 spiro atoms. The van der Waals surface area contributed by atoms with Crippen molar-refractivity contribution in [3.63, 3.8) is 0 Å². The zero-order chi connectivity index (χ0) is 14.7. The predicted molar refractivity (Wildman–Crippen MR) is 80.7 cm³/mol. The molecule has 108 valence electrons. The number of hydrogen-bond acceptors (Lipinski definition) is 4. The van der Waals surface area contributed by atoms with Crippen LogP contribution in [0.4, 0.5) is 5.69 Å². The van der Waals surface area contributed by atoms with Crippen LogP contribution >= 0.6 is 15.9 Å². The summed E-state index contributed by atoms with van der Waals surface area (Å²) in [6.07, 6.45) is 0. The van der Waals surface area contributed by atoms with E-state index in [1.165, 1.54) is 0 Å². The van der Waals surface area contributed by atoms with Gasteiger partial charge in [0.2, 0.25) is 5.91 Å². The van der Waals surface area contributed by atoms with E-state index in [1.54, 1.807) is 13.1 Å². The zero-order valence-electron chi connectivity index (χ0n) is 11.1. The highest BCUT2D eigenvalue weighted by Gasteiger charge is 2.30. The molecule has 4 N–H and O–H groups in total. The molecule has 1 heterocycles. The summed E-state index contributed by atoms with van der Waals surface area (Å²) in [6, 6.07) is 5.04. The number of halogens is 1. The average Bonchev–Trinajstić information content (AvgIpc) is 2.45. The lowest BCUT2D eigenvalue weighted by molar-refractivity contribution is -0.122. The number of nitrogens with one attached hydrogen (secondary N) is 2. The molecule has 0 saturated carbocycles. The number of nitrogens with two attached hydrogens (primary N) is 1. The number of amides is 2. The summed E-state index contributed by atoms with van der Waals surface area (Å²) in [5, 5.41) is 5.83. The van der Waals surface area contributed by atoms with E-state index < -0.39 is 5.91 Å². The first-order valence-corrected chi connectivity index (χ1v) is 7.12. The molecule has 0 aliphatic carbocycles. The number of rotatable bonds is 3. The lowest BCUT2D eigenvalue weighted by Crippen LogP contribution is -2.58. The molecular formula is C13H17BrN4O2. The SMILES string of the molecule is CNC(=O)C1CNCCN1c1cccc(Br)c1C(N)=O. The molecule has 1 aromatic carbocycles. The minimum Gasteiger partial charge on any atom is -0.365 e. The molecule has 7 heteroatoms. The number of benzene rings is 1. The maximum absolute atomic E-state index is 12.0. The largest absolute Gasteiger partial charge is 0.365 e. The Kier molecular flexibility index (Phi) is 4.61. The maximum atomic E-state index is 12.0. The smallest absolute Gasteiger partial charge is 0.251 e. The van der Waals surface area contributed by atoms with Gasteiger partial charge in [0.25, 0.3) is 5.91 Å². The van der Waals surface area contributed by atoms with Gasteiger partial charge in [0.05, 0.1) is 11.3 Å². The van der Waals surface area contributed by atoms with E-state index in [4.69, 9.17) is 5.73 Å². The molecule has 2 rings (SSSR count). The molecule has 1 atom stereocenters. The Hall–Kier alpha value is -1.60. The highest BCUT2D eigenvalue weighted by molar-refractivity contribution is 9.10. The fraction of sp³-hybridized carbons (Fsp3) is 0.385. The van der Waals surface area contributed by atoms with E-state index in [9.17, 15) is 9.59 Å². The minimum atomic E-state index is -0.512. The van der Waals surface area contributed by atoms with Crippen LogP contribution in [0.3, 0.4) is 0 Å². The van der Waals surface area contributed by atoms with E-state index in [0.717, 1.165) is 6.54 Å². The number of likely N-dealkylation sites (N-methyl/N-ethyl adjacent to an activating group) is 1. The number of piperazine rings is 1. The summed E-state index contributed by atoms with van der Waals surface area (Å²) in [4.78, 5) is 25.6. The van der Waals surface area contributed by atoms with Crippen molar-refractivity contribution in [3.05, 3.63) is 28.2 Å². The fourth-order valence-corrected chi connectivity index (χ4v) is 2.94. The molecule has 0 bridgehead atoms. The standard InChI is InChI=1S/C13H17BrN4O2/c1-16-13(20)10-7-17-5-6-18(10)9-4-2-3-8(14)11(9)12(15)19/h2-4,10,17H,5-7H2,1H3,(H2,15,19)(H,16,20). The molecule has 1 fully saturated rings. The van der Waals surface area contributed by atoms with Gasteiger partial charge in [-0.3, -0.25) is 9.59 Å². The molecule has 6 nitrogen and oxygen atoms in total. The molecule has 1 aliphatic heterocycles. The Balaban J connectivity index is 2.45. The van der Waals surface area contributed by atoms with Crippen molar-refractivity contribution in [2.45, 2.75) is 6.04 Å². The topological polar surface area (TPSA) is 87.5 Å². The van der Waals surface area contributed by atoms with Gasteiger partial charge in [-0.25, -0.2) is 0 Å². The quantitative estimate of drug-likeness (QED) is 0.726. The van der Waals surface area contributed by atoms with Crippen LogP contribution in [0.15, 0.2) is 22.7 Å². The summed E-state index contributed by atoms with van der Waals surface area (Å²) in [6.45, 7) is 1.91. The van der Waals surface area contributed by atoms with E-state index in [0.29, 0.717) is 28.8 Å². The van der Waals surface area contributed by atoms with Crippen molar-refractivity contribution >= 4 is 33.4 Å². The Bertz CT molecular complexity index is 535. The van der Waals surface area contributed by atoms with Crippen LogP contribution < -0.4 is 21.3 Å². The van der Waals surface area contributed by atoms with Crippen LogP contribution in [0.25, 0.3) is 0 Å². The van der Waals surface area contributed by atoms with Gasteiger partial charge < -0.3 is 21.3 Å². The highest BCUT2D eigenvalue weighted by atomic mass is 79.9. The molecule has 2 amide bonds. The number of carbonyl (C=O) groups excluding carboxylic acids is 2. The second kappa shape index (κ2) is 6.23. The number of hydrogen-bond donors (Lipinski definition) is 3. The van der Waals surface area contributed by atoms with Crippen molar-refractivity contribution in [1.82, 2.24) is 10.6 Å². The van der Waals surface area contributed by atoms with Gasteiger partial charge in [-0.15, -0.1) is 0 Å². The van der Waals surface area contributed by atoms with E-state index in [1.807, 2.05) is 17.0 Å². The first-order chi connectivity index (χ1) is 9.56. The lowest BCUT2D eigenvalue weighted by Gasteiger charge is -2.37. The molecule has 1 unspecified atom stereocenters. The number of anilines is 1. The van der Waals surface area contributed by atoms with Gasteiger partial charge in [-0.05, 0) is 28.1 Å². The van der Waals surface area contributed by atoms with Gasteiger partial charge in [-0.1, -0.05) is 6.07 Å². The third-order valence-corrected chi connectivity index (χ3v) is 4.00. The van der Waals surface area contributed by atoms with E-state index in [-0.39, 0.29) is 11.9 Å². The Morgan fingerprint density at radius 2 is 2.25 bits per heavy atom. The van der Waals surface area contributed by atoms with E-state index in [2.05, 4.69) is 26.6 Å². The fourth-order valence-electron chi connectivity index (χ4n) is 2.39. The monoisotopic (exact) mass is 340 g/mol. The van der Waals surface area contributed by atoms with Crippen molar-refractivity contribution in [1.29, 1.82) is 0 Å². The first kappa shape index (κ1) is 14.8. The Labute approximate surface area is 125 Å². The van der Waals surface area contributed by atoms with Crippen LogP contribution in [-0.2, 0) is 4.79 Å². The summed E-state index contributed by atoms with van der Waals surface area (Å²) >= 11 is 3.34. The third-order valence-electron chi connectivity index (χ3n) is 3.34. The van der Waals surface area contributed by atoms with Crippen molar-refractivity contribution < 1.29 is 9.59 Å². The van der Waals surface area contributed by atoms with Crippen LogP contribution in [0.2, 0.25) is 0 Å². The van der Waals surface area contributed by atoms with Gasteiger partial charge in [0.15, 0.2) is 0 Å². The molecule has 0 radical (unpaired) electrons. The van der Waals surface area contributed by atoms with Crippen molar-refractivity contribution in [3.8, 4) is 0 Å². The molecule has 1 saturated heterocycles. The summed E-state index contributed by atoms with van der Waals surface area (Å²) < 4.78 is 0.636. The molecule has 1 aromatic rings.